The topological polar surface area (TPSA) is 241 Å². The number of aliphatic carboxylic acids is 3. The normalized spacial score (nSPS) is 46.0. The molecule has 9 atom stereocenters. The van der Waals surface area contributed by atoms with E-state index in [1.54, 1.807) is 0 Å². The van der Waals surface area contributed by atoms with Crippen molar-refractivity contribution in [1.29, 1.82) is 0 Å². The molecule has 0 aromatic heterocycles. The Morgan fingerprint density at radius 1 is 0.769 bits per heavy atom. The molecule has 0 unspecified atom stereocenters. The van der Waals surface area contributed by atoms with Crippen LogP contribution in [-0.2, 0) is 28.6 Å². The van der Waals surface area contributed by atoms with Crippen LogP contribution >= 0.6 is 0 Å². The molecule has 14 nitrogen and oxygen atoms in total. The number of aliphatic hydroxyl groups excluding tert-OH is 5. The third-order valence-electron chi connectivity index (χ3n) is 3.97. The summed E-state index contributed by atoms with van der Waals surface area (Å²) in [6.07, 6.45) is -17.8. The molecule has 0 saturated carbocycles. The van der Waals surface area contributed by atoms with Gasteiger partial charge in [0.1, 0.15) is 30.5 Å². The lowest BCUT2D eigenvalue weighted by Crippen LogP contribution is -2.64. The Hall–Kier alpha value is -1.91. The van der Waals surface area contributed by atoms with Crippen LogP contribution in [0.2, 0.25) is 0 Å². The molecule has 0 bridgehead atoms. The first-order valence-electron chi connectivity index (χ1n) is 7.04. The van der Waals surface area contributed by atoms with Crippen molar-refractivity contribution in [2.75, 3.05) is 0 Å². The summed E-state index contributed by atoms with van der Waals surface area (Å²) < 4.78 is 14.1. The first-order valence-corrected chi connectivity index (χ1v) is 7.04. The molecule has 0 aliphatic carbocycles. The third kappa shape index (κ3) is 3.12. The molecule has 2 aliphatic rings. The highest BCUT2D eigenvalue weighted by molar-refractivity contribution is 5.81. The van der Waals surface area contributed by atoms with Gasteiger partial charge in [-0.1, -0.05) is 0 Å². The summed E-state index contributed by atoms with van der Waals surface area (Å²) in [6, 6.07) is 0. The van der Waals surface area contributed by atoms with Crippen LogP contribution in [0.5, 0.6) is 0 Å². The van der Waals surface area contributed by atoms with Crippen LogP contribution in [0.25, 0.3) is 0 Å². The molecule has 0 radical (unpaired) electrons. The van der Waals surface area contributed by atoms with Gasteiger partial charge < -0.3 is 55.1 Å². The van der Waals surface area contributed by atoms with Gasteiger partial charge in [0.2, 0.25) is 0 Å². The minimum Gasteiger partial charge on any atom is -0.479 e. The highest BCUT2D eigenvalue weighted by Gasteiger charge is 2.65. The van der Waals surface area contributed by atoms with Gasteiger partial charge >= 0.3 is 23.7 Å². The lowest BCUT2D eigenvalue weighted by Gasteiger charge is -2.41. The molecule has 2 rings (SSSR count). The van der Waals surface area contributed by atoms with Crippen molar-refractivity contribution in [3.8, 4) is 0 Å². The average Bonchev–Trinajstić information content (AvgIpc) is 2.81. The molecular formula is C12H16O14. The van der Waals surface area contributed by atoms with E-state index < -0.39 is 72.7 Å². The van der Waals surface area contributed by atoms with Gasteiger partial charge in [-0.15, -0.1) is 0 Å². The van der Waals surface area contributed by atoms with E-state index in [1.807, 2.05) is 0 Å². The van der Waals surface area contributed by atoms with Crippen molar-refractivity contribution in [2.45, 2.75) is 54.8 Å². The lowest BCUT2D eigenvalue weighted by atomic mass is 9.98. The zero-order chi connectivity index (χ0) is 20.0. The molecule has 0 aromatic carbocycles. The van der Waals surface area contributed by atoms with Gasteiger partial charge in [0.05, 0.1) is 0 Å². The number of rotatable bonds is 5. The maximum absolute atomic E-state index is 11.5. The maximum Gasteiger partial charge on any atom is 0.367 e. The predicted molar refractivity (Wildman–Crippen MR) is 70.3 cm³/mol. The standard InChI is InChI=1S/C12H16O14/c13-1-2(14)5(8(18)19)24-10(3(1)15)26-12(11(22)23)7(17)4(16)6(25-12)9(20)21/h1-7,10,13-17H,(H,18,19)(H,20,21)(H,22,23)/t1-,2-,3+,4+,5-,6-,7-,10+,12+/m0/s1. The molecule has 2 aliphatic heterocycles. The van der Waals surface area contributed by atoms with Crippen molar-refractivity contribution in [2.24, 2.45) is 0 Å². The largest absolute Gasteiger partial charge is 0.479 e. The second-order valence-electron chi connectivity index (χ2n) is 5.64. The molecule has 8 N–H and O–H groups in total. The zero-order valence-electron chi connectivity index (χ0n) is 12.6. The molecule has 2 heterocycles. The summed E-state index contributed by atoms with van der Waals surface area (Å²) in [5.41, 5.74) is 0. The number of carbonyl (C=O) groups is 3. The summed E-state index contributed by atoms with van der Waals surface area (Å²) in [4.78, 5) is 33.5. The van der Waals surface area contributed by atoms with Crippen LogP contribution in [-0.4, -0.2) is 114 Å². The molecule has 26 heavy (non-hydrogen) atoms. The molecule has 14 heteroatoms. The number of aliphatic hydroxyl groups is 5. The van der Waals surface area contributed by atoms with Gasteiger partial charge in [0.15, 0.2) is 18.5 Å². The smallest absolute Gasteiger partial charge is 0.367 e. The Bertz CT molecular complexity index is 592. The quantitative estimate of drug-likeness (QED) is 0.221. The Kier molecular flexibility index (Phi) is 5.50. The average molecular weight is 384 g/mol. The van der Waals surface area contributed by atoms with Crippen molar-refractivity contribution >= 4 is 17.9 Å². The van der Waals surface area contributed by atoms with Crippen LogP contribution in [0, 0.1) is 0 Å². The van der Waals surface area contributed by atoms with Gasteiger partial charge in [0, 0.05) is 0 Å². The van der Waals surface area contributed by atoms with Gasteiger partial charge in [0.25, 0.3) is 0 Å². The highest BCUT2D eigenvalue weighted by Crippen LogP contribution is 2.36. The van der Waals surface area contributed by atoms with E-state index in [1.165, 1.54) is 0 Å². The molecule has 0 aromatic rings. The van der Waals surface area contributed by atoms with E-state index in [0.29, 0.717) is 0 Å². The van der Waals surface area contributed by atoms with E-state index >= 15 is 0 Å². The van der Waals surface area contributed by atoms with Crippen molar-refractivity contribution in [3.05, 3.63) is 0 Å². The minimum atomic E-state index is -3.26. The summed E-state index contributed by atoms with van der Waals surface area (Å²) in [5, 5.41) is 75.7. The molecular weight excluding hydrogens is 368 g/mol. The van der Waals surface area contributed by atoms with Gasteiger partial charge in [-0.3, -0.25) is 0 Å². The summed E-state index contributed by atoms with van der Waals surface area (Å²) >= 11 is 0. The number of ether oxygens (including phenoxy) is 3. The lowest BCUT2D eigenvalue weighted by molar-refractivity contribution is -0.363. The van der Waals surface area contributed by atoms with Gasteiger partial charge in [-0.05, 0) is 0 Å². The molecule has 0 spiro atoms. The Balaban J connectivity index is 2.34. The summed E-state index contributed by atoms with van der Waals surface area (Å²) in [7, 11) is 0. The van der Waals surface area contributed by atoms with Crippen LogP contribution < -0.4 is 0 Å². The van der Waals surface area contributed by atoms with E-state index in [9.17, 15) is 45.0 Å². The second-order valence-corrected chi connectivity index (χ2v) is 5.64. The van der Waals surface area contributed by atoms with E-state index in [-0.39, 0.29) is 0 Å². The Labute approximate surface area is 143 Å². The van der Waals surface area contributed by atoms with E-state index in [2.05, 4.69) is 4.74 Å². The molecule has 2 fully saturated rings. The number of hydrogen-bond donors (Lipinski definition) is 8. The maximum atomic E-state index is 11.5. The van der Waals surface area contributed by atoms with E-state index in [0.717, 1.165) is 0 Å². The fourth-order valence-electron chi connectivity index (χ4n) is 2.56. The van der Waals surface area contributed by atoms with Crippen LogP contribution in [0.3, 0.4) is 0 Å². The molecule has 2 saturated heterocycles. The van der Waals surface area contributed by atoms with Crippen molar-refractivity contribution in [1.82, 2.24) is 0 Å². The van der Waals surface area contributed by atoms with E-state index in [4.69, 9.17) is 19.7 Å². The van der Waals surface area contributed by atoms with Crippen LogP contribution in [0.4, 0.5) is 0 Å². The Morgan fingerprint density at radius 3 is 1.73 bits per heavy atom. The summed E-state index contributed by atoms with van der Waals surface area (Å²) in [5.74, 6) is -9.03. The Morgan fingerprint density at radius 2 is 1.31 bits per heavy atom. The minimum absolute atomic E-state index is 1.79. The SMILES string of the molecule is O=C(O)[C@H]1O[C@](O[C@H]2O[C@H](C(=O)O)[C@@H](O)[C@H](O)[C@H]2O)(C(=O)O)[C@@H](O)[C@@H]1O. The number of carboxylic acids is 3. The number of hydrogen-bond acceptors (Lipinski definition) is 11. The first kappa shape index (κ1) is 20.4. The fourth-order valence-corrected chi connectivity index (χ4v) is 2.56. The molecule has 148 valence electrons. The number of carboxylic acid groups (broad SMARTS) is 3. The van der Waals surface area contributed by atoms with Gasteiger partial charge in [-0.25, -0.2) is 14.4 Å². The van der Waals surface area contributed by atoms with Crippen LogP contribution in [0.1, 0.15) is 0 Å². The summed E-state index contributed by atoms with van der Waals surface area (Å²) in [6.45, 7) is 0. The predicted octanol–water partition coefficient (Wildman–Crippen LogP) is -5.12. The van der Waals surface area contributed by atoms with Crippen LogP contribution in [0.15, 0.2) is 0 Å². The first-order chi connectivity index (χ1) is 11.9. The monoisotopic (exact) mass is 384 g/mol. The fraction of sp³-hybridized carbons (Fsp3) is 0.750. The molecule has 0 amide bonds. The second kappa shape index (κ2) is 7.01. The third-order valence-corrected chi connectivity index (χ3v) is 3.97. The van der Waals surface area contributed by atoms with Crippen molar-refractivity contribution in [3.63, 3.8) is 0 Å². The van der Waals surface area contributed by atoms with Crippen molar-refractivity contribution < 1.29 is 69.4 Å². The highest BCUT2D eigenvalue weighted by atomic mass is 16.8. The van der Waals surface area contributed by atoms with Gasteiger partial charge in [-0.2, -0.15) is 0 Å². The zero-order valence-corrected chi connectivity index (χ0v) is 12.6.